The van der Waals surface area contributed by atoms with E-state index in [1.54, 1.807) is 12.1 Å². The number of anilines is 1. The van der Waals surface area contributed by atoms with Crippen LogP contribution in [0.4, 0.5) is 5.69 Å². The van der Waals surface area contributed by atoms with Crippen molar-refractivity contribution in [3.63, 3.8) is 0 Å². The van der Waals surface area contributed by atoms with Crippen LogP contribution < -0.4 is 4.31 Å². The Morgan fingerprint density at radius 3 is 2.62 bits per heavy atom. The zero-order chi connectivity index (χ0) is 15.2. The molecule has 0 aliphatic carbocycles. The van der Waals surface area contributed by atoms with Crippen LogP contribution in [0, 0.1) is 6.92 Å². The molecular weight excluding hydrogens is 306 g/mol. The summed E-state index contributed by atoms with van der Waals surface area (Å²) in [7, 11) is -3.58. The number of hydrogen-bond donors (Lipinski definition) is 0. The highest BCUT2D eigenvalue weighted by Crippen LogP contribution is 2.39. The van der Waals surface area contributed by atoms with E-state index in [9.17, 15) is 8.42 Å². The molecule has 0 radical (unpaired) electrons. The summed E-state index contributed by atoms with van der Waals surface area (Å²) in [5, 5.41) is 0.469. The van der Waals surface area contributed by atoms with E-state index < -0.39 is 10.0 Å². The minimum absolute atomic E-state index is 0.192. The number of aryl methyl sites for hydroxylation is 1. The lowest BCUT2D eigenvalue weighted by Crippen LogP contribution is -2.29. The van der Waals surface area contributed by atoms with E-state index in [1.807, 2.05) is 38.1 Å². The molecule has 1 heterocycles. The van der Waals surface area contributed by atoms with Gasteiger partial charge in [0.05, 0.1) is 10.6 Å². The Labute approximate surface area is 130 Å². The highest BCUT2D eigenvalue weighted by atomic mass is 35.5. The molecule has 0 saturated carbocycles. The van der Waals surface area contributed by atoms with Crippen molar-refractivity contribution in [2.45, 2.75) is 24.7 Å². The Kier molecular flexibility index (Phi) is 3.46. The largest absolute Gasteiger partial charge is 0.265 e. The van der Waals surface area contributed by atoms with E-state index >= 15 is 0 Å². The first-order valence-corrected chi connectivity index (χ1v) is 8.61. The molecule has 2 aromatic rings. The predicted octanol–water partition coefficient (Wildman–Crippen LogP) is 3.96. The second kappa shape index (κ2) is 5.04. The molecule has 21 heavy (non-hydrogen) atoms. The summed E-state index contributed by atoms with van der Waals surface area (Å²) in [5.74, 6) is 0.192. The summed E-state index contributed by atoms with van der Waals surface area (Å²) in [5.41, 5.74) is 2.70. The number of fused-ring (bicyclic) bond motifs is 1. The molecular formula is C16H16ClNO2S. The smallest absolute Gasteiger partial charge is 0.264 e. The number of benzene rings is 2. The summed E-state index contributed by atoms with van der Waals surface area (Å²) in [4.78, 5) is 0.238. The first-order chi connectivity index (χ1) is 9.91. The van der Waals surface area contributed by atoms with Gasteiger partial charge in [-0.1, -0.05) is 42.8 Å². The number of nitrogens with zero attached hydrogens (tertiary/aromatic N) is 1. The zero-order valence-corrected chi connectivity index (χ0v) is 13.4. The molecule has 1 aliphatic rings. The van der Waals surface area contributed by atoms with Gasteiger partial charge < -0.3 is 0 Å². The Balaban J connectivity index is 2.10. The molecule has 3 nitrogen and oxygen atoms in total. The number of hydrogen-bond acceptors (Lipinski definition) is 2. The number of para-hydroxylation sites is 1. The SMILES string of the molecule is Cc1ccc(S(=O)(=O)N2CC(C)c3ccccc32)cc1Cl. The van der Waals surface area contributed by atoms with Crippen molar-refractivity contribution in [1.29, 1.82) is 0 Å². The van der Waals surface area contributed by atoms with Gasteiger partial charge in [0.2, 0.25) is 0 Å². The molecule has 5 heteroatoms. The lowest BCUT2D eigenvalue weighted by Gasteiger charge is -2.20. The molecule has 1 atom stereocenters. The van der Waals surface area contributed by atoms with Crippen molar-refractivity contribution in [3.8, 4) is 0 Å². The molecule has 1 aliphatic heterocycles. The minimum atomic E-state index is -3.58. The lowest BCUT2D eigenvalue weighted by molar-refractivity contribution is 0.590. The van der Waals surface area contributed by atoms with Crippen molar-refractivity contribution in [3.05, 3.63) is 58.6 Å². The highest BCUT2D eigenvalue weighted by molar-refractivity contribution is 7.92. The lowest BCUT2D eigenvalue weighted by atomic mass is 10.0. The number of rotatable bonds is 2. The maximum Gasteiger partial charge on any atom is 0.264 e. The second-order valence-corrected chi connectivity index (χ2v) is 7.68. The summed E-state index contributed by atoms with van der Waals surface area (Å²) in [6.07, 6.45) is 0. The molecule has 0 bridgehead atoms. The fraction of sp³-hybridized carbons (Fsp3) is 0.250. The molecule has 110 valence electrons. The predicted molar refractivity (Wildman–Crippen MR) is 85.6 cm³/mol. The van der Waals surface area contributed by atoms with Gasteiger partial charge in [0.1, 0.15) is 0 Å². The van der Waals surface area contributed by atoms with E-state index in [0.717, 1.165) is 16.8 Å². The van der Waals surface area contributed by atoms with Crippen molar-refractivity contribution < 1.29 is 8.42 Å². The average Bonchev–Trinajstić information content (AvgIpc) is 2.80. The average molecular weight is 322 g/mol. The fourth-order valence-corrected chi connectivity index (χ4v) is 4.52. The topological polar surface area (TPSA) is 37.4 Å². The summed E-state index contributed by atoms with van der Waals surface area (Å²) in [6.45, 7) is 4.36. The molecule has 0 N–H and O–H groups in total. The van der Waals surface area contributed by atoms with E-state index in [0.29, 0.717) is 11.6 Å². The Bertz CT molecular complexity index is 802. The molecule has 0 fully saturated rings. The summed E-state index contributed by atoms with van der Waals surface area (Å²) >= 11 is 6.07. The normalized spacial score (nSPS) is 17.9. The zero-order valence-electron chi connectivity index (χ0n) is 11.9. The number of sulfonamides is 1. The van der Waals surface area contributed by atoms with Crippen LogP contribution in [0.15, 0.2) is 47.4 Å². The van der Waals surface area contributed by atoms with Crippen LogP contribution in [0.3, 0.4) is 0 Å². The third-order valence-corrected chi connectivity index (χ3v) is 6.09. The maximum absolute atomic E-state index is 12.9. The van der Waals surface area contributed by atoms with Crippen molar-refractivity contribution in [2.75, 3.05) is 10.8 Å². The molecule has 0 amide bonds. The molecule has 1 unspecified atom stereocenters. The van der Waals surface area contributed by atoms with Gasteiger partial charge in [-0.25, -0.2) is 8.42 Å². The van der Waals surface area contributed by atoms with E-state index in [1.165, 1.54) is 10.4 Å². The summed E-state index contributed by atoms with van der Waals surface area (Å²) in [6, 6.07) is 12.5. The Hall–Kier alpha value is -1.52. The standard InChI is InChI=1S/C16H16ClNO2S/c1-11-7-8-13(9-15(11)17)21(19,20)18-10-12(2)14-5-3-4-6-16(14)18/h3-9,12H,10H2,1-2H3. The van der Waals surface area contributed by atoms with Crippen molar-refractivity contribution in [1.82, 2.24) is 0 Å². The molecule has 0 aromatic heterocycles. The van der Waals surface area contributed by atoms with Gasteiger partial charge in [-0.3, -0.25) is 4.31 Å². The van der Waals surface area contributed by atoms with Crippen molar-refractivity contribution >= 4 is 27.3 Å². The van der Waals surface area contributed by atoms with Crippen LogP contribution in [0.25, 0.3) is 0 Å². The van der Waals surface area contributed by atoms with E-state index in [-0.39, 0.29) is 10.8 Å². The third-order valence-electron chi connectivity index (χ3n) is 3.91. The van der Waals surface area contributed by atoms with Crippen LogP contribution in [-0.2, 0) is 10.0 Å². The third kappa shape index (κ3) is 2.32. The molecule has 0 saturated heterocycles. The molecule has 0 spiro atoms. The second-order valence-electron chi connectivity index (χ2n) is 5.41. The fourth-order valence-electron chi connectivity index (χ4n) is 2.67. The van der Waals surface area contributed by atoms with Crippen LogP contribution in [0.2, 0.25) is 5.02 Å². The van der Waals surface area contributed by atoms with E-state index in [2.05, 4.69) is 0 Å². The van der Waals surface area contributed by atoms with Crippen LogP contribution in [0.1, 0.15) is 24.0 Å². The maximum atomic E-state index is 12.9. The van der Waals surface area contributed by atoms with Crippen LogP contribution in [-0.4, -0.2) is 15.0 Å². The van der Waals surface area contributed by atoms with Crippen molar-refractivity contribution in [2.24, 2.45) is 0 Å². The quantitative estimate of drug-likeness (QED) is 0.839. The van der Waals surface area contributed by atoms with Gasteiger partial charge >= 0.3 is 0 Å². The van der Waals surface area contributed by atoms with Gasteiger partial charge in [0.25, 0.3) is 10.0 Å². The Morgan fingerprint density at radius 2 is 1.90 bits per heavy atom. The number of halogens is 1. The first kappa shape index (κ1) is 14.4. The van der Waals surface area contributed by atoms with Crippen LogP contribution >= 0.6 is 11.6 Å². The van der Waals surface area contributed by atoms with Gasteiger partial charge in [0.15, 0.2) is 0 Å². The van der Waals surface area contributed by atoms with Gasteiger partial charge in [0, 0.05) is 17.5 Å². The summed E-state index contributed by atoms with van der Waals surface area (Å²) < 4.78 is 27.2. The van der Waals surface area contributed by atoms with Gasteiger partial charge in [-0.05, 0) is 36.2 Å². The van der Waals surface area contributed by atoms with E-state index in [4.69, 9.17) is 11.6 Å². The van der Waals surface area contributed by atoms with Gasteiger partial charge in [-0.2, -0.15) is 0 Å². The van der Waals surface area contributed by atoms with Crippen LogP contribution in [0.5, 0.6) is 0 Å². The first-order valence-electron chi connectivity index (χ1n) is 6.79. The Morgan fingerprint density at radius 1 is 1.19 bits per heavy atom. The molecule has 2 aromatic carbocycles. The minimum Gasteiger partial charge on any atom is -0.265 e. The monoisotopic (exact) mass is 321 g/mol. The highest BCUT2D eigenvalue weighted by Gasteiger charge is 2.34. The van der Waals surface area contributed by atoms with Gasteiger partial charge in [-0.15, -0.1) is 0 Å². The molecule has 3 rings (SSSR count).